The Labute approximate surface area is 148 Å². The zero-order valence-corrected chi connectivity index (χ0v) is 14.1. The molecule has 7 nitrogen and oxygen atoms in total. The van der Waals surface area contributed by atoms with Crippen LogP contribution in [0.4, 0.5) is 23.0 Å². The van der Waals surface area contributed by atoms with E-state index in [-0.39, 0.29) is 5.56 Å². The van der Waals surface area contributed by atoms with Gasteiger partial charge in [0.15, 0.2) is 11.6 Å². The van der Waals surface area contributed by atoms with E-state index < -0.39 is 5.97 Å². The maximum absolute atomic E-state index is 10.9. The van der Waals surface area contributed by atoms with Crippen molar-refractivity contribution in [3.63, 3.8) is 0 Å². The van der Waals surface area contributed by atoms with Crippen molar-refractivity contribution in [2.75, 3.05) is 22.9 Å². The number of nitrogens with one attached hydrogen (secondary N) is 2. The predicted molar refractivity (Wildman–Crippen MR) is 99.6 cm³/mol. The summed E-state index contributed by atoms with van der Waals surface area (Å²) in [5.74, 6) is 0.0678. The first-order chi connectivity index (χ1) is 12.1. The molecule has 2 aromatic heterocycles. The van der Waals surface area contributed by atoms with Crippen LogP contribution >= 0.6 is 11.3 Å². The highest BCUT2D eigenvalue weighted by atomic mass is 32.1. The van der Waals surface area contributed by atoms with Crippen molar-refractivity contribution in [1.82, 2.24) is 9.97 Å². The fourth-order valence-electron chi connectivity index (χ4n) is 2.23. The number of hydrogen-bond acceptors (Lipinski definition) is 7. The van der Waals surface area contributed by atoms with Gasteiger partial charge in [0, 0.05) is 17.1 Å². The monoisotopic (exact) mass is 355 g/mol. The van der Waals surface area contributed by atoms with Crippen molar-refractivity contribution in [1.29, 1.82) is 0 Å². The average Bonchev–Trinajstić information content (AvgIpc) is 3.12. The van der Waals surface area contributed by atoms with E-state index in [2.05, 4.69) is 26.7 Å². The quantitative estimate of drug-likeness (QED) is 0.514. The van der Waals surface area contributed by atoms with Gasteiger partial charge in [-0.05, 0) is 42.1 Å². The first-order valence-electron chi connectivity index (χ1n) is 7.60. The molecule has 0 aliphatic carbocycles. The molecule has 3 rings (SSSR count). The van der Waals surface area contributed by atoms with Crippen LogP contribution in [-0.4, -0.2) is 27.6 Å². The normalized spacial score (nSPS) is 10.4. The molecule has 0 saturated carbocycles. The summed E-state index contributed by atoms with van der Waals surface area (Å²) >= 11 is 1.71. The van der Waals surface area contributed by atoms with E-state index in [4.69, 9.17) is 10.8 Å². The lowest BCUT2D eigenvalue weighted by atomic mass is 10.2. The predicted octanol–water partition coefficient (Wildman–Crippen LogP) is 3.22. The van der Waals surface area contributed by atoms with Crippen LogP contribution in [0.15, 0.2) is 48.1 Å². The number of nitrogen functional groups attached to an aromatic ring is 1. The number of carboxylic acid groups (broad SMARTS) is 1. The van der Waals surface area contributed by atoms with Crippen molar-refractivity contribution in [2.24, 2.45) is 0 Å². The third kappa shape index (κ3) is 4.24. The van der Waals surface area contributed by atoms with Crippen LogP contribution in [0.2, 0.25) is 0 Å². The molecule has 0 aliphatic rings. The standard InChI is InChI=1S/C17H17N5O2S/c18-14-15(19-8-7-13-2-1-9-25-13)20-10-21-16(14)22-12-5-3-11(4-6-12)17(23)24/h1-6,9-10H,7-8,18H2,(H,23,24)(H2,19,20,21,22). The molecule has 0 amide bonds. The molecule has 128 valence electrons. The Kier molecular flexibility index (Phi) is 5.10. The Hall–Kier alpha value is -3.13. The fraction of sp³-hybridized carbons (Fsp3) is 0.118. The molecule has 3 aromatic rings. The molecule has 0 bridgehead atoms. The third-order valence-corrected chi connectivity index (χ3v) is 4.46. The second-order valence-electron chi connectivity index (χ2n) is 5.25. The van der Waals surface area contributed by atoms with Crippen molar-refractivity contribution in [3.05, 3.63) is 58.5 Å². The number of rotatable bonds is 7. The first-order valence-corrected chi connectivity index (χ1v) is 8.48. The Balaban J connectivity index is 1.66. The van der Waals surface area contributed by atoms with Gasteiger partial charge < -0.3 is 21.5 Å². The van der Waals surface area contributed by atoms with Gasteiger partial charge >= 0.3 is 5.97 Å². The number of benzene rings is 1. The molecular formula is C17H17N5O2S. The molecule has 2 heterocycles. The van der Waals surface area contributed by atoms with Gasteiger partial charge in [-0.2, -0.15) is 0 Å². The SMILES string of the molecule is Nc1c(NCCc2cccs2)ncnc1Nc1ccc(C(=O)O)cc1. The Morgan fingerprint density at radius 3 is 2.60 bits per heavy atom. The van der Waals surface area contributed by atoms with E-state index in [0.29, 0.717) is 29.6 Å². The number of aromatic carboxylic acids is 1. The van der Waals surface area contributed by atoms with Gasteiger partial charge in [-0.25, -0.2) is 14.8 Å². The summed E-state index contributed by atoms with van der Waals surface area (Å²) in [5, 5.41) is 17.3. The van der Waals surface area contributed by atoms with Crippen LogP contribution < -0.4 is 16.4 Å². The molecule has 0 aliphatic heterocycles. The Bertz CT molecular complexity index is 850. The summed E-state index contributed by atoms with van der Waals surface area (Å²) in [4.78, 5) is 20.5. The van der Waals surface area contributed by atoms with Crippen LogP contribution in [0.3, 0.4) is 0 Å². The van der Waals surface area contributed by atoms with Crippen LogP contribution in [0.1, 0.15) is 15.2 Å². The third-order valence-electron chi connectivity index (χ3n) is 3.52. The van der Waals surface area contributed by atoms with Gasteiger partial charge in [-0.3, -0.25) is 0 Å². The highest BCUT2D eigenvalue weighted by Gasteiger charge is 2.09. The minimum atomic E-state index is -0.967. The molecule has 0 fully saturated rings. The number of carbonyl (C=O) groups is 1. The molecule has 0 unspecified atom stereocenters. The summed E-state index contributed by atoms with van der Waals surface area (Å²) in [7, 11) is 0. The smallest absolute Gasteiger partial charge is 0.335 e. The molecule has 0 saturated heterocycles. The fourth-order valence-corrected chi connectivity index (χ4v) is 2.94. The van der Waals surface area contributed by atoms with Gasteiger partial charge in [0.1, 0.15) is 12.0 Å². The van der Waals surface area contributed by atoms with Gasteiger partial charge in [-0.1, -0.05) is 6.07 Å². The van der Waals surface area contributed by atoms with Gasteiger partial charge in [0.2, 0.25) is 0 Å². The zero-order chi connectivity index (χ0) is 17.6. The maximum atomic E-state index is 10.9. The minimum absolute atomic E-state index is 0.220. The molecular weight excluding hydrogens is 338 g/mol. The van der Waals surface area contributed by atoms with Crippen molar-refractivity contribution < 1.29 is 9.90 Å². The van der Waals surface area contributed by atoms with Crippen LogP contribution in [0, 0.1) is 0 Å². The largest absolute Gasteiger partial charge is 0.478 e. The van der Waals surface area contributed by atoms with Crippen molar-refractivity contribution >= 4 is 40.3 Å². The van der Waals surface area contributed by atoms with Crippen molar-refractivity contribution in [2.45, 2.75) is 6.42 Å². The molecule has 25 heavy (non-hydrogen) atoms. The van der Waals surface area contributed by atoms with E-state index in [1.165, 1.54) is 23.3 Å². The lowest BCUT2D eigenvalue weighted by molar-refractivity contribution is 0.0697. The summed E-state index contributed by atoms with van der Waals surface area (Å²) in [5.41, 5.74) is 7.45. The van der Waals surface area contributed by atoms with Crippen LogP contribution in [-0.2, 0) is 6.42 Å². The topological polar surface area (TPSA) is 113 Å². The summed E-state index contributed by atoms with van der Waals surface area (Å²) < 4.78 is 0. The van der Waals surface area contributed by atoms with E-state index in [9.17, 15) is 4.79 Å². The van der Waals surface area contributed by atoms with E-state index in [0.717, 1.165) is 6.42 Å². The number of nitrogens with zero attached hydrogens (tertiary/aromatic N) is 2. The number of hydrogen-bond donors (Lipinski definition) is 4. The van der Waals surface area contributed by atoms with E-state index in [1.807, 2.05) is 11.4 Å². The highest BCUT2D eigenvalue weighted by Crippen LogP contribution is 2.26. The maximum Gasteiger partial charge on any atom is 0.335 e. The number of thiophene rings is 1. The molecule has 5 N–H and O–H groups in total. The van der Waals surface area contributed by atoms with Gasteiger partial charge in [0.25, 0.3) is 0 Å². The average molecular weight is 355 g/mol. The van der Waals surface area contributed by atoms with Crippen molar-refractivity contribution in [3.8, 4) is 0 Å². The Morgan fingerprint density at radius 2 is 1.92 bits per heavy atom. The molecule has 1 aromatic carbocycles. The van der Waals surface area contributed by atoms with Crippen LogP contribution in [0.25, 0.3) is 0 Å². The van der Waals surface area contributed by atoms with Gasteiger partial charge in [0.05, 0.1) is 5.56 Å². The lowest BCUT2D eigenvalue weighted by Crippen LogP contribution is -2.10. The summed E-state index contributed by atoms with van der Waals surface area (Å²) in [6, 6.07) is 10.5. The van der Waals surface area contributed by atoms with E-state index >= 15 is 0 Å². The Morgan fingerprint density at radius 1 is 1.16 bits per heavy atom. The molecule has 0 radical (unpaired) electrons. The van der Waals surface area contributed by atoms with E-state index in [1.54, 1.807) is 23.5 Å². The lowest BCUT2D eigenvalue weighted by Gasteiger charge is -2.12. The summed E-state index contributed by atoms with van der Waals surface area (Å²) in [6.45, 7) is 0.717. The summed E-state index contributed by atoms with van der Waals surface area (Å²) in [6.07, 6.45) is 2.32. The molecule has 8 heteroatoms. The zero-order valence-electron chi connectivity index (χ0n) is 13.3. The second kappa shape index (κ2) is 7.63. The number of nitrogens with two attached hydrogens (primary N) is 1. The highest BCUT2D eigenvalue weighted by molar-refractivity contribution is 7.09. The first kappa shape index (κ1) is 16.7. The number of carboxylic acids is 1. The minimum Gasteiger partial charge on any atom is -0.478 e. The molecule has 0 atom stereocenters. The number of aromatic nitrogens is 2. The van der Waals surface area contributed by atoms with Crippen LogP contribution in [0.5, 0.6) is 0 Å². The number of anilines is 4. The molecule has 0 spiro atoms. The van der Waals surface area contributed by atoms with Gasteiger partial charge in [-0.15, -0.1) is 11.3 Å². The second-order valence-corrected chi connectivity index (χ2v) is 6.28.